The minimum Gasteiger partial charge on any atom is -0.273 e. The lowest BCUT2D eigenvalue weighted by atomic mass is 9.98. The van der Waals surface area contributed by atoms with Crippen LogP contribution in [0.15, 0.2) is 48.8 Å². The highest BCUT2D eigenvalue weighted by Crippen LogP contribution is 2.25. The summed E-state index contributed by atoms with van der Waals surface area (Å²) in [7, 11) is 1.96. The molecule has 0 bridgehead atoms. The summed E-state index contributed by atoms with van der Waals surface area (Å²) in [4.78, 5) is 4.50. The van der Waals surface area contributed by atoms with Gasteiger partial charge in [-0.3, -0.25) is 20.9 Å². The molecule has 3 rings (SSSR count). The molecule has 2 aromatic heterocycles. The summed E-state index contributed by atoms with van der Waals surface area (Å²) in [6, 6.07) is 12.3. The first kappa shape index (κ1) is 13.7. The van der Waals surface area contributed by atoms with Gasteiger partial charge in [-0.1, -0.05) is 24.3 Å². The third-order valence-corrected chi connectivity index (χ3v) is 3.85. The second kappa shape index (κ2) is 6.03. The molecule has 0 aliphatic rings. The normalized spacial score (nSPS) is 12.7. The van der Waals surface area contributed by atoms with Crippen molar-refractivity contribution in [3.63, 3.8) is 0 Å². The molecule has 1 aromatic carbocycles. The Labute approximate surface area is 123 Å². The fraction of sp³-hybridized carbons (Fsp3) is 0.250. The number of hydrogen-bond acceptors (Lipinski definition) is 4. The number of fused-ring (bicyclic) bond motifs is 1. The van der Waals surface area contributed by atoms with E-state index in [2.05, 4.69) is 33.7 Å². The van der Waals surface area contributed by atoms with Gasteiger partial charge in [-0.25, -0.2) is 0 Å². The number of hydrogen-bond donors (Lipinski definition) is 2. The lowest BCUT2D eigenvalue weighted by Crippen LogP contribution is -2.28. The summed E-state index contributed by atoms with van der Waals surface area (Å²) < 4.78 is 1.90. The highest BCUT2D eigenvalue weighted by molar-refractivity contribution is 5.81. The summed E-state index contributed by atoms with van der Waals surface area (Å²) in [6.07, 6.45) is 5.44. The van der Waals surface area contributed by atoms with E-state index in [4.69, 9.17) is 5.84 Å². The molecule has 0 amide bonds. The monoisotopic (exact) mass is 281 g/mol. The van der Waals surface area contributed by atoms with Gasteiger partial charge in [-0.15, -0.1) is 0 Å². The second-order valence-corrected chi connectivity index (χ2v) is 5.13. The number of benzene rings is 1. The van der Waals surface area contributed by atoms with Gasteiger partial charge in [0.25, 0.3) is 0 Å². The number of rotatable bonds is 5. The highest BCUT2D eigenvalue weighted by Gasteiger charge is 2.14. The van der Waals surface area contributed by atoms with E-state index < -0.39 is 0 Å². The molecule has 2 heterocycles. The van der Waals surface area contributed by atoms with Gasteiger partial charge in [0.05, 0.1) is 5.52 Å². The molecular formula is C16H19N5. The molecule has 0 aliphatic heterocycles. The van der Waals surface area contributed by atoms with Crippen LogP contribution in [0.3, 0.4) is 0 Å². The maximum atomic E-state index is 5.77. The second-order valence-electron chi connectivity index (χ2n) is 5.13. The molecule has 0 fully saturated rings. The minimum absolute atomic E-state index is 0.0681. The van der Waals surface area contributed by atoms with Crippen molar-refractivity contribution in [3.05, 3.63) is 60.0 Å². The maximum absolute atomic E-state index is 5.77. The Morgan fingerprint density at radius 2 is 2.05 bits per heavy atom. The largest absolute Gasteiger partial charge is 0.273 e. The topological polar surface area (TPSA) is 68.8 Å². The van der Waals surface area contributed by atoms with Gasteiger partial charge in [0, 0.05) is 36.6 Å². The Bertz CT molecular complexity index is 729. The van der Waals surface area contributed by atoms with E-state index in [0.29, 0.717) is 0 Å². The zero-order chi connectivity index (χ0) is 14.7. The van der Waals surface area contributed by atoms with Crippen LogP contribution >= 0.6 is 0 Å². The van der Waals surface area contributed by atoms with Crippen molar-refractivity contribution in [2.75, 3.05) is 0 Å². The zero-order valence-corrected chi connectivity index (χ0v) is 12.0. The molecule has 0 aliphatic carbocycles. The molecule has 0 saturated carbocycles. The number of nitrogens with one attached hydrogen (secondary N) is 1. The van der Waals surface area contributed by atoms with E-state index >= 15 is 0 Å². The molecule has 21 heavy (non-hydrogen) atoms. The number of aryl methyl sites for hydroxylation is 2. The van der Waals surface area contributed by atoms with Crippen LogP contribution in [-0.4, -0.2) is 14.8 Å². The number of nitrogens with zero attached hydrogens (tertiary/aromatic N) is 3. The molecule has 3 N–H and O–H groups in total. The summed E-state index contributed by atoms with van der Waals surface area (Å²) in [6.45, 7) is 0. The zero-order valence-electron chi connectivity index (χ0n) is 12.0. The van der Waals surface area contributed by atoms with Crippen molar-refractivity contribution in [3.8, 4) is 0 Å². The predicted octanol–water partition coefficient (Wildman–Crippen LogP) is 2.11. The lowest BCUT2D eigenvalue weighted by Gasteiger charge is -2.17. The van der Waals surface area contributed by atoms with Gasteiger partial charge < -0.3 is 0 Å². The van der Waals surface area contributed by atoms with Crippen molar-refractivity contribution >= 4 is 10.9 Å². The van der Waals surface area contributed by atoms with E-state index in [9.17, 15) is 0 Å². The van der Waals surface area contributed by atoms with Gasteiger partial charge in [0.1, 0.15) is 0 Å². The highest BCUT2D eigenvalue weighted by atomic mass is 15.3. The number of para-hydroxylation sites is 1. The van der Waals surface area contributed by atoms with Crippen LogP contribution < -0.4 is 11.3 Å². The van der Waals surface area contributed by atoms with Crippen molar-refractivity contribution in [1.29, 1.82) is 0 Å². The van der Waals surface area contributed by atoms with Crippen molar-refractivity contribution < 1.29 is 0 Å². The summed E-state index contributed by atoms with van der Waals surface area (Å²) in [5.74, 6) is 5.77. The lowest BCUT2D eigenvalue weighted by molar-refractivity contribution is 0.509. The molecule has 5 nitrogen and oxygen atoms in total. The van der Waals surface area contributed by atoms with E-state index in [0.717, 1.165) is 29.3 Å². The number of hydrazine groups is 1. The summed E-state index contributed by atoms with van der Waals surface area (Å²) in [5, 5.41) is 5.33. The fourth-order valence-corrected chi connectivity index (χ4v) is 2.68. The Morgan fingerprint density at radius 3 is 2.81 bits per heavy atom. The number of aromatic nitrogens is 3. The van der Waals surface area contributed by atoms with Gasteiger partial charge >= 0.3 is 0 Å². The third-order valence-electron chi connectivity index (χ3n) is 3.85. The first-order valence-electron chi connectivity index (χ1n) is 7.06. The molecule has 0 saturated heterocycles. The third kappa shape index (κ3) is 2.79. The van der Waals surface area contributed by atoms with E-state index in [-0.39, 0.29) is 6.04 Å². The Kier molecular flexibility index (Phi) is 3.94. The molecule has 108 valence electrons. The Morgan fingerprint density at radius 1 is 1.19 bits per heavy atom. The predicted molar refractivity (Wildman–Crippen MR) is 83.3 cm³/mol. The van der Waals surface area contributed by atoms with Gasteiger partial charge in [0.2, 0.25) is 0 Å². The maximum Gasteiger partial charge on any atom is 0.0750 e. The van der Waals surface area contributed by atoms with Crippen LogP contribution in [-0.2, 0) is 13.5 Å². The average molecular weight is 281 g/mol. The Balaban J connectivity index is 1.86. The van der Waals surface area contributed by atoms with Gasteiger partial charge in [-0.05, 0) is 30.5 Å². The smallest absolute Gasteiger partial charge is 0.0750 e. The van der Waals surface area contributed by atoms with Crippen molar-refractivity contribution in [2.24, 2.45) is 12.9 Å². The van der Waals surface area contributed by atoms with Crippen LogP contribution in [0.1, 0.15) is 23.7 Å². The van der Waals surface area contributed by atoms with Crippen molar-refractivity contribution in [1.82, 2.24) is 20.2 Å². The van der Waals surface area contributed by atoms with Crippen LogP contribution in [0.2, 0.25) is 0 Å². The molecular weight excluding hydrogens is 262 g/mol. The average Bonchev–Trinajstić information content (AvgIpc) is 2.93. The molecule has 0 radical (unpaired) electrons. The first-order valence-corrected chi connectivity index (χ1v) is 7.06. The molecule has 1 unspecified atom stereocenters. The van der Waals surface area contributed by atoms with Gasteiger partial charge in [-0.2, -0.15) is 5.10 Å². The fourth-order valence-electron chi connectivity index (χ4n) is 2.68. The molecule has 5 heteroatoms. The number of nitrogens with two attached hydrogens (primary N) is 1. The summed E-state index contributed by atoms with van der Waals surface area (Å²) >= 11 is 0. The van der Waals surface area contributed by atoms with Crippen molar-refractivity contribution in [2.45, 2.75) is 18.9 Å². The quantitative estimate of drug-likeness (QED) is 0.555. The van der Waals surface area contributed by atoms with E-state index in [1.165, 1.54) is 5.69 Å². The SMILES string of the molecule is Cn1nccc1CCC(NN)c1cccc2cccnc12. The summed E-state index contributed by atoms with van der Waals surface area (Å²) in [5.41, 5.74) is 6.26. The van der Waals surface area contributed by atoms with Crippen LogP contribution in [0.5, 0.6) is 0 Å². The van der Waals surface area contributed by atoms with Crippen LogP contribution in [0, 0.1) is 0 Å². The molecule has 1 atom stereocenters. The Hall–Kier alpha value is -2.24. The van der Waals surface area contributed by atoms with Crippen LogP contribution in [0.4, 0.5) is 0 Å². The van der Waals surface area contributed by atoms with Gasteiger partial charge in [0.15, 0.2) is 0 Å². The molecule has 3 aromatic rings. The first-order chi connectivity index (χ1) is 10.3. The number of pyridine rings is 1. The van der Waals surface area contributed by atoms with Crippen LogP contribution in [0.25, 0.3) is 10.9 Å². The van der Waals surface area contributed by atoms with E-state index in [1.54, 1.807) is 0 Å². The molecule has 0 spiro atoms. The van der Waals surface area contributed by atoms with E-state index in [1.807, 2.05) is 42.3 Å². The minimum atomic E-state index is 0.0681. The standard InChI is InChI=1S/C16H19N5/c1-21-13(9-11-19-21)7-8-15(20-17)14-6-2-4-12-5-3-10-18-16(12)14/h2-6,9-11,15,20H,7-8,17H2,1H3.